The molecule has 2 atom stereocenters. The first-order valence-corrected chi connectivity index (χ1v) is 6.75. The summed E-state index contributed by atoms with van der Waals surface area (Å²) in [4.78, 5) is 2.21. The van der Waals surface area contributed by atoms with Gasteiger partial charge in [0, 0.05) is 12.6 Å². The van der Waals surface area contributed by atoms with Crippen LogP contribution in [0.4, 0.5) is 4.39 Å². The summed E-state index contributed by atoms with van der Waals surface area (Å²) in [6.07, 6.45) is 0.965. The lowest BCUT2D eigenvalue weighted by molar-refractivity contribution is 0.312. The fourth-order valence-electron chi connectivity index (χ4n) is 2.44. The molecule has 0 amide bonds. The van der Waals surface area contributed by atoms with E-state index in [0.717, 1.165) is 18.5 Å². The molecule has 94 valence electrons. The predicted molar refractivity (Wildman–Crippen MR) is 71.6 cm³/mol. The average molecular weight is 322 g/mol. The number of hydrogen-bond acceptors (Lipinski definition) is 2. The second kappa shape index (κ2) is 5.22. The van der Waals surface area contributed by atoms with E-state index < -0.39 is 0 Å². The van der Waals surface area contributed by atoms with Gasteiger partial charge in [-0.15, -0.1) is 0 Å². The lowest BCUT2D eigenvalue weighted by atomic mass is 10.00. The highest BCUT2D eigenvalue weighted by atomic mass is 79.9. The first-order valence-electron chi connectivity index (χ1n) is 5.58. The fourth-order valence-corrected chi connectivity index (χ4v) is 3.32. The van der Waals surface area contributed by atoms with Crippen LogP contribution in [-0.2, 0) is 0 Å². The minimum atomic E-state index is -0.381. The summed E-state index contributed by atoms with van der Waals surface area (Å²) in [5.41, 5.74) is 6.64. The number of halogens is 3. The Labute approximate surface area is 114 Å². The van der Waals surface area contributed by atoms with Gasteiger partial charge in [-0.1, -0.05) is 17.7 Å². The first-order chi connectivity index (χ1) is 8.04. The van der Waals surface area contributed by atoms with Crippen LogP contribution in [0.15, 0.2) is 16.6 Å². The minimum absolute atomic E-state index is 0.150. The molecule has 2 rings (SSSR count). The molecule has 0 spiro atoms. The van der Waals surface area contributed by atoms with E-state index in [1.807, 2.05) is 13.1 Å². The molecule has 2 unspecified atom stereocenters. The van der Waals surface area contributed by atoms with Gasteiger partial charge in [0.25, 0.3) is 0 Å². The van der Waals surface area contributed by atoms with Crippen molar-refractivity contribution >= 4 is 27.5 Å². The van der Waals surface area contributed by atoms with E-state index in [1.54, 1.807) is 6.07 Å². The lowest BCUT2D eigenvalue weighted by Crippen LogP contribution is -2.20. The molecule has 2 N–H and O–H groups in total. The van der Waals surface area contributed by atoms with Gasteiger partial charge in [-0.3, -0.25) is 4.90 Å². The molecule has 1 heterocycles. The van der Waals surface area contributed by atoms with E-state index in [4.69, 9.17) is 17.3 Å². The van der Waals surface area contributed by atoms with Crippen molar-refractivity contribution in [2.24, 2.45) is 11.7 Å². The topological polar surface area (TPSA) is 29.3 Å². The summed E-state index contributed by atoms with van der Waals surface area (Å²) >= 11 is 9.04. The molecular weight excluding hydrogens is 307 g/mol. The summed E-state index contributed by atoms with van der Waals surface area (Å²) in [5, 5.41) is 0.150. The van der Waals surface area contributed by atoms with E-state index in [9.17, 15) is 4.39 Å². The van der Waals surface area contributed by atoms with Gasteiger partial charge in [0.1, 0.15) is 0 Å². The van der Waals surface area contributed by atoms with E-state index in [-0.39, 0.29) is 16.9 Å². The van der Waals surface area contributed by atoms with Crippen molar-refractivity contribution < 1.29 is 4.39 Å². The van der Waals surface area contributed by atoms with Gasteiger partial charge < -0.3 is 5.73 Å². The number of hydrogen-bond donors (Lipinski definition) is 1. The summed E-state index contributed by atoms with van der Waals surface area (Å²) in [6, 6.07) is 3.71. The third-order valence-corrected chi connectivity index (χ3v) is 4.49. The van der Waals surface area contributed by atoms with Gasteiger partial charge >= 0.3 is 0 Å². The standard InChI is InChI=1S/C12H15BrClFN2/c1-17-6-7(5-16)4-10(17)8-2-3-9(14)12(15)11(8)13/h2-3,7,10H,4-6,16H2,1H3. The number of likely N-dealkylation sites (tertiary alicyclic amines) is 1. The predicted octanol–water partition coefficient (Wildman–Crippen LogP) is 3.19. The molecule has 5 heteroatoms. The number of rotatable bonds is 2. The molecule has 17 heavy (non-hydrogen) atoms. The lowest BCUT2D eigenvalue weighted by Gasteiger charge is -2.21. The van der Waals surface area contributed by atoms with Crippen LogP contribution in [0.3, 0.4) is 0 Å². The van der Waals surface area contributed by atoms with Gasteiger partial charge in [0.15, 0.2) is 5.82 Å². The van der Waals surface area contributed by atoms with E-state index >= 15 is 0 Å². The van der Waals surface area contributed by atoms with E-state index in [0.29, 0.717) is 16.9 Å². The molecule has 0 saturated carbocycles. The molecule has 1 saturated heterocycles. The van der Waals surface area contributed by atoms with Crippen LogP contribution in [0.5, 0.6) is 0 Å². The molecule has 1 aliphatic rings. The van der Waals surface area contributed by atoms with Crippen molar-refractivity contribution in [3.63, 3.8) is 0 Å². The van der Waals surface area contributed by atoms with Crippen LogP contribution in [-0.4, -0.2) is 25.0 Å². The molecule has 0 aliphatic carbocycles. The zero-order chi connectivity index (χ0) is 12.6. The van der Waals surface area contributed by atoms with Crippen LogP contribution >= 0.6 is 27.5 Å². The van der Waals surface area contributed by atoms with Gasteiger partial charge in [-0.2, -0.15) is 0 Å². The largest absolute Gasteiger partial charge is 0.330 e. The minimum Gasteiger partial charge on any atom is -0.330 e. The van der Waals surface area contributed by atoms with Crippen molar-refractivity contribution in [1.82, 2.24) is 4.90 Å². The highest BCUT2D eigenvalue weighted by Crippen LogP contribution is 2.39. The number of nitrogens with zero attached hydrogens (tertiary/aromatic N) is 1. The third-order valence-electron chi connectivity index (χ3n) is 3.39. The second-order valence-corrected chi connectivity index (χ2v) is 5.76. The Morgan fingerprint density at radius 3 is 2.88 bits per heavy atom. The summed E-state index contributed by atoms with van der Waals surface area (Å²) in [6.45, 7) is 1.63. The molecular formula is C12H15BrClFN2. The molecule has 0 bridgehead atoms. The Hall–Kier alpha value is -0.160. The first kappa shape index (κ1) is 13.3. The second-order valence-electron chi connectivity index (χ2n) is 4.56. The molecule has 0 radical (unpaired) electrons. The monoisotopic (exact) mass is 320 g/mol. The quantitative estimate of drug-likeness (QED) is 0.848. The molecule has 2 nitrogen and oxygen atoms in total. The van der Waals surface area contributed by atoms with Gasteiger partial charge in [0.05, 0.1) is 9.50 Å². The Morgan fingerprint density at radius 2 is 2.29 bits per heavy atom. The number of benzene rings is 1. The van der Waals surface area contributed by atoms with Crippen molar-refractivity contribution in [3.8, 4) is 0 Å². The number of nitrogens with two attached hydrogens (primary N) is 1. The third kappa shape index (κ3) is 2.50. The Morgan fingerprint density at radius 1 is 1.59 bits per heavy atom. The van der Waals surface area contributed by atoms with Gasteiger partial charge in [0.2, 0.25) is 0 Å². The average Bonchev–Trinajstić information content (AvgIpc) is 2.68. The van der Waals surface area contributed by atoms with Gasteiger partial charge in [-0.25, -0.2) is 4.39 Å². The molecule has 1 aliphatic heterocycles. The normalized spacial score (nSPS) is 25.5. The van der Waals surface area contributed by atoms with E-state index in [2.05, 4.69) is 20.8 Å². The molecule has 1 fully saturated rings. The van der Waals surface area contributed by atoms with Crippen LogP contribution in [0, 0.1) is 11.7 Å². The maximum Gasteiger partial charge on any atom is 0.156 e. The SMILES string of the molecule is CN1CC(CN)CC1c1ccc(Cl)c(F)c1Br. The summed E-state index contributed by atoms with van der Waals surface area (Å²) in [5.74, 6) is 0.101. The van der Waals surface area contributed by atoms with Crippen molar-refractivity contribution in [2.75, 3.05) is 20.1 Å². The maximum absolute atomic E-state index is 13.7. The molecule has 1 aromatic carbocycles. The summed E-state index contributed by atoms with van der Waals surface area (Å²) < 4.78 is 14.2. The smallest absolute Gasteiger partial charge is 0.156 e. The highest BCUT2D eigenvalue weighted by molar-refractivity contribution is 9.10. The van der Waals surface area contributed by atoms with Crippen molar-refractivity contribution in [1.29, 1.82) is 0 Å². The fraction of sp³-hybridized carbons (Fsp3) is 0.500. The van der Waals surface area contributed by atoms with Crippen LogP contribution in [0.25, 0.3) is 0 Å². The summed E-state index contributed by atoms with van der Waals surface area (Å²) in [7, 11) is 2.04. The van der Waals surface area contributed by atoms with Crippen molar-refractivity contribution in [3.05, 3.63) is 33.0 Å². The highest BCUT2D eigenvalue weighted by Gasteiger charge is 2.31. The Bertz CT molecular complexity index is 427. The zero-order valence-electron chi connectivity index (χ0n) is 9.59. The van der Waals surface area contributed by atoms with Crippen molar-refractivity contribution in [2.45, 2.75) is 12.5 Å². The van der Waals surface area contributed by atoms with E-state index in [1.165, 1.54) is 0 Å². The molecule has 0 aromatic heterocycles. The Balaban J connectivity index is 2.32. The van der Waals surface area contributed by atoms with Crippen LogP contribution in [0.1, 0.15) is 18.0 Å². The van der Waals surface area contributed by atoms with Crippen LogP contribution in [0.2, 0.25) is 5.02 Å². The van der Waals surface area contributed by atoms with Gasteiger partial charge in [-0.05, 0) is 53.5 Å². The van der Waals surface area contributed by atoms with Crippen LogP contribution < -0.4 is 5.73 Å². The molecule has 1 aromatic rings. The zero-order valence-corrected chi connectivity index (χ0v) is 11.9. The Kier molecular flexibility index (Phi) is 4.08. The maximum atomic E-state index is 13.7.